The minimum absolute atomic E-state index is 0.0273. The molecule has 0 radical (unpaired) electrons. The summed E-state index contributed by atoms with van der Waals surface area (Å²) in [6.45, 7) is 12.1. The smallest absolute Gasteiger partial charge is 0.186 e. The van der Waals surface area contributed by atoms with Gasteiger partial charge in [-0.15, -0.1) is 0 Å². The summed E-state index contributed by atoms with van der Waals surface area (Å²) >= 11 is 1.66. The van der Waals surface area contributed by atoms with Crippen molar-refractivity contribution in [1.29, 1.82) is 0 Å². The Morgan fingerprint density at radius 3 is 2.64 bits per heavy atom. The number of hydrogen-bond donors (Lipinski definition) is 0. The molecule has 1 aliphatic rings. The van der Waals surface area contributed by atoms with E-state index in [-0.39, 0.29) is 5.78 Å². The predicted molar refractivity (Wildman–Crippen MR) is 160 cm³/mol. The van der Waals surface area contributed by atoms with Crippen molar-refractivity contribution in [2.24, 2.45) is 0 Å². The lowest BCUT2D eigenvalue weighted by molar-refractivity contribution is -0.138. The summed E-state index contributed by atoms with van der Waals surface area (Å²) in [6.07, 6.45) is 2.00. The summed E-state index contributed by atoms with van der Waals surface area (Å²) in [5.41, 5.74) is 6.33. The number of rotatable bonds is 8. The molecule has 8 heteroatoms. The van der Waals surface area contributed by atoms with Crippen LogP contribution in [-0.2, 0) is 16.0 Å². The monoisotopic (exact) mass is 546 g/mol. The number of likely N-dealkylation sites (N-methyl/N-ethyl adjacent to an activating group) is 2. The molecular weight excluding hydrogens is 508 g/mol. The first kappa shape index (κ1) is 27.5. The molecule has 0 spiro atoms. The largest absolute Gasteiger partial charge is 0.493 e. The summed E-state index contributed by atoms with van der Waals surface area (Å²) in [5, 5.41) is 1.99. The molecule has 0 amide bonds. The molecule has 206 valence electrons. The fourth-order valence-corrected chi connectivity index (χ4v) is 6.32. The standard InChI is InChI=1S/C31H38N4O3S/c1-18-17-22-29(39-30(33-22)35(8)15-14-34(6)7)26(24(18)28(19(2)36)38-31(3,4)5)21-9-10-23-25-20(12-16-37-23)11-13-32-27(21)25/h9-11,13,17,28H,12,14-16H2,1-8H3/t28-/m1/s1. The van der Waals surface area contributed by atoms with E-state index in [1.807, 2.05) is 33.0 Å². The van der Waals surface area contributed by atoms with Crippen LogP contribution < -0.4 is 9.64 Å². The predicted octanol–water partition coefficient (Wildman–Crippen LogP) is 6.20. The Hall–Kier alpha value is -3.07. The molecule has 0 saturated carbocycles. The van der Waals surface area contributed by atoms with Crippen LogP contribution in [0.5, 0.6) is 5.75 Å². The van der Waals surface area contributed by atoms with E-state index >= 15 is 0 Å². The van der Waals surface area contributed by atoms with Gasteiger partial charge in [-0.1, -0.05) is 11.3 Å². The van der Waals surface area contributed by atoms with E-state index in [2.05, 4.69) is 56.1 Å². The van der Waals surface area contributed by atoms with Crippen molar-refractivity contribution >= 4 is 43.4 Å². The molecule has 2 aromatic heterocycles. The molecule has 0 unspecified atom stereocenters. The Balaban J connectivity index is 1.82. The summed E-state index contributed by atoms with van der Waals surface area (Å²) in [5.74, 6) is 0.830. The quantitative estimate of drug-likeness (QED) is 0.261. The molecule has 0 N–H and O–H groups in total. The summed E-state index contributed by atoms with van der Waals surface area (Å²) in [4.78, 5) is 27.5. The number of hydrogen-bond acceptors (Lipinski definition) is 8. The van der Waals surface area contributed by atoms with Crippen LogP contribution in [0, 0.1) is 6.92 Å². The maximum Gasteiger partial charge on any atom is 0.186 e. The number of benzene rings is 2. The molecular formula is C31H38N4O3S. The summed E-state index contributed by atoms with van der Waals surface area (Å²) in [6, 6.07) is 8.30. The van der Waals surface area contributed by atoms with Crippen LogP contribution in [0.1, 0.15) is 50.5 Å². The fourth-order valence-electron chi connectivity index (χ4n) is 5.22. The molecule has 0 saturated heterocycles. The first-order valence-electron chi connectivity index (χ1n) is 13.5. The second-order valence-corrected chi connectivity index (χ2v) is 12.7. The molecule has 5 rings (SSSR count). The van der Waals surface area contributed by atoms with Crippen molar-refractivity contribution in [3.05, 3.63) is 47.2 Å². The number of Topliss-reactive ketones (excluding diaryl/α,β-unsaturated/α-hetero) is 1. The van der Waals surface area contributed by atoms with Crippen molar-refractivity contribution in [2.45, 2.75) is 52.7 Å². The summed E-state index contributed by atoms with van der Waals surface area (Å²) in [7, 11) is 6.23. The highest BCUT2D eigenvalue weighted by molar-refractivity contribution is 7.22. The van der Waals surface area contributed by atoms with Gasteiger partial charge in [0.15, 0.2) is 10.9 Å². The van der Waals surface area contributed by atoms with E-state index in [1.165, 1.54) is 5.56 Å². The number of thiazole rings is 1. The van der Waals surface area contributed by atoms with Crippen LogP contribution >= 0.6 is 11.3 Å². The highest BCUT2D eigenvalue weighted by Gasteiger charge is 2.32. The number of ether oxygens (including phenoxy) is 2. The van der Waals surface area contributed by atoms with Gasteiger partial charge in [0.25, 0.3) is 0 Å². The Labute approximate surface area is 234 Å². The van der Waals surface area contributed by atoms with Crippen LogP contribution in [0.25, 0.3) is 32.2 Å². The van der Waals surface area contributed by atoms with E-state index in [9.17, 15) is 4.79 Å². The SMILES string of the molecule is CC(=O)[C@@H](OC(C)(C)C)c1c(C)cc2nc(N(C)CCN(C)C)sc2c1-c1ccc2c3c(ccnc13)CCO2. The van der Waals surface area contributed by atoms with Gasteiger partial charge in [-0.3, -0.25) is 9.78 Å². The minimum Gasteiger partial charge on any atom is -0.493 e. The Morgan fingerprint density at radius 1 is 1.18 bits per heavy atom. The molecule has 0 bridgehead atoms. The Morgan fingerprint density at radius 2 is 1.95 bits per heavy atom. The van der Waals surface area contributed by atoms with Gasteiger partial charge in [-0.25, -0.2) is 4.98 Å². The lowest BCUT2D eigenvalue weighted by Gasteiger charge is -2.29. The molecule has 0 fully saturated rings. The van der Waals surface area contributed by atoms with E-state index in [0.717, 1.165) is 73.8 Å². The first-order chi connectivity index (χ1) is 18.4. The number of carbonyl (C=O) groups excluding carboxylic acids is 1. The summed E-state index contributed by atoms with van der Waals surface area (Å²) < 4.78 is 13.5. The van der Waals surface area contributed by atoms with Gasteiger partial charge in [0.1, 0.15) is 11.9 Å². The molecule has 4 aromatic rings. The molecule has 0 aliphatic carbocycles. The zero-order valence-electron chi connectivity index (χ0n) is 24.2. The van der Waals surface area contributed by atoms with Crippen LogP contribution in [0.4, 0.5) is 5.13 Å². The number of carbonyl (C=O) groups is 1. The maximum absolute atomic E-state index is 13.2. The topological polar surface area (TPSA) is 67.8 Å². The zero-order valence-corrected chi connectivity index (χ0v) is 25.0. The number of aromatic nitrogens is 2. The minimum atomic E-state index is -0.719. The second kappa shape index (κ2) is 10.5. The van der Waals surface area contributed by atoms with E-state index < -0.39 is 11.7 Å². The molecule has 7 nitrogen and oxygen atoms in total. The molecule has 2 aromatic carbocycles. The molecule has 3 heterocycles. The van der Waals surface area contributed by atoms with Crippen molar-refractivity contribution in [3.8, 4) is 16.9 Å². The van der Waals surface area contributed by atoms with Gasteiger partial charge in [-0.2, -0.15) is 0 Å². The van der Waals surface area contributed by atoms with Crippen molar-refractivity contribution in [1.82, 2.24) is 14.9 Å². The van der Waals surface area contributed by atoms with Crippen LogP contribution in [0.15, 0.2) is 30.5 Å². The normalized spacial score (nSPS) is 14.2. The lowest BCUT2D eigenvalue weighted by atomic mass is 9.88. The highest BCUT2D eigenvalue weighted by atomic mass is 32.1. The third-order valence-electron chi connectivity index (χ3n) is 7.07. The number of pyridine rings is 1. The number of aryl methyl sites for hydroxylation is 1. The van der Waals surface area contributed by atoms with E-state index in [0.29, 0.717) is 6.61 Å². The van der Waals surface area contributed by atoms with Gasteiger partial charge in [0.2, 0.25) is 0 Å². The number of fused-ring (bicyclic) bond motifs is 1. The molecule has 1 aliphatic heterocycles. The maximum atomic E-state index is 13.2. The van der Waals surface area contributed by atoms with Crippen molar-refractivity contribution in [2.75, 3.05) is 45.7 Å². The van der Waals surface area contributed by atoms with Gasteiger partial charge in [0, 0.05) is 54.8 Å². The van der Waals surface area contributed by atoms with Crippen LogP contribution in [0.3, 0.4) is 0 Å². The Kier molecular flexibility index (Phi) is 7.39. The zero-order chi connectivity index (χ0) is 28.1. The Bertz CT molecular complexity index is 1540. The van der Waals surface area contributed by atoms with Crippen LogP contribution in [0.2, 0.25) is 0 Å². The third kappa shape index (κ3) is 5.38. The second-order valence-electron chi connectivity index (χ2n) is 11.7. The van der Waals surface area contributed by atoms with Gasteiger partial charge in [0.05, 0.1) is 27.9 Å². The fraction of sp³-hybridized carbons (Fsp3) is 0.452. The van der Waals surface area contributed by atoms with Gasteiger partial charge >= 0.3 is 0 Å². The van der Waals surface area contributed by atoms with E-state index in [1.54, 1.807) is 18.3 Å². The van der Waals surface area contributed by atoms with Gasteiger partial charge < -0.3 is 19.3 Å². The average Bonchev–Trinajstić information content (AvgIpc) is 3.29. The molecule has 39 heavy (non-hydrogen) atoms. The van der Waals surface area contributed by atoms with E-state index in [4.69, 9.17) is 19.4 Å². The lowest BCUT2D eigenvalue weighted by Crippen LogP contribution is -2.28. The van der Waals surface area contributed by atoms with Crippen molar-refractivity contribution < 1.29 is 14.3 Å². The highest BCUT2D eigenvalue weighted by Crippen LogP contribution is 2.47. The third-order valence-corrected chi connectivity index (χ3v) is 8.27. The number of ketones is 1. The molecule has 1 atom stereocenters. The van der Waals surface area contributed by atoms with Crippen molar-refractivity contribution in [3.63, 3.8) is 0 Å². The van der Waals surface area contributed by atoms with Gasteiger partial charge in [-0.05, 0) is 84.1 Å². The van der Waals surface area contributed by atoms with Crippen LogP contribution in [-0.4, -0.2) is 67.1 Å². The first-order valence-corrected chi connectivity index (χ1v) is 14.3. The number of anilines is 1. The number of nitrogens with zero attached hydrogens (tertiary/aromatic N) is 4. The average molecular weight is 547 g/mol.